The molecule has 0 bridgehead atoms. The van der Waals surface area contributed by atoms with E-state index in [9.17, 15) is 4.79 Å². The topological polar surface area (TPSA) is 52.3 Å². The summed E-state index contributed by atoms with van der Waals surface area (Å²) < 4.78 is 5.95. The van der Waals surface area contributed by atoms with Gasteiger partial charge in [-0.2, -0.15) is 0 Å². The Labute approximate surface area is 121 Å². The second kappa shape index (κ2) is 7.81. The van der Waals surface area contributed by atoms with Crippen LogP contribution in [0.15, 0.2) is 28.7 Å². The summed E-state index contributed by atoms with van der Waals surface area (Å²) in [4.78, 5) is 11.4. The van der Waals surface area contributed by atoms with Crippen molar-refractivity contribution in [2.24, 2.45) is 5.73 Å². The molecule has 2 atom stereocenters. The predicted molar refractivity (Wildman–Crippen MR) is 79.6 cm³/mol. The van der Waals surface area contributed by atoms with Crippen molar-refractivity contribution in [1.29, 1.82) is 0 Å². The molecule has 0 aliphatic carbocycles. The average molecular weight is 332 g/mol. The molecule has 2 N–H and O–H groups in total. The summed E-state index contributed by atoms with van der Waals surface area (Å²) in [6.45, 7) is 4.17. The zero-order chi connectivity index (χ0) is 13.5. The zero-order valence-electron chi connectivity index (χ0n) is 10.6. The molecule has 5 heteroatoms. The number of carbonyl (C=O) groups is 1. The van der Waals surface area contributed by atoms with Gasteiger partial charge in [-0.15, -0.1) is 11.8 Å². The van der Waals surface area contributed by atoms with E-state index in [1.54, 1.807) is 6.92 Å². The van der Waals surface area contributed by atoms with E-state index in [1.807, 2.05) is 31.2 Å². The molecule has 0 fully saturated rings. The van der Waals surface area contributed by atoms with Gasteiger partial charge >= 0.3 is 5.97 Å². The SMILES string of the molecule is CCOC(=O)CSC(c1ccc(Br)cc1)C(C)N. The molecule has 0 saturated heterocycles. The maximum atomic E-state index is 11.4. The summed E-state index contributed by atoms with van der Waals surface area (Å²) in [7, 11) is 0. The molecular formula is C13H18BrNO2S. The number of benzene rings is 1. The highest BCUT2D eigenvalue weighted by molar-refractivity contribution is 9.10. The van der Waals surface area contributed by atoms with Crippen LogP contribution in [0.25, 0.3) is 0 Å². The molecule has 100 valence electrons. The third kappa shape index (κ3) is 5.00. The number of hydrogen-bond donors (Lipinski definition) is 1. The van der Waals surface area contributed by atoms with Gasteiger partial charge in [0.25, 0.3) is 0 Å². The molecule has 0 amide bonds. The Hall–Kier alpha value is -0.520. The quantitative estimate of drug-likeness (QED) is 0.813. The molecule has 0 spiro atoms. The lowest BCUT2D eigenvalue weighted by Crippen LogP contribution is -2.24. The zero-order valence-corrected chi connectivity index (χ0v) is 13.0. The van der Waals surface area contributed by atoms with Crippen molar-refractivity contribution >= 4 is 33.7 Å². The van der Waals surface area contributed by atoms with Crippen LogP contribution in [0.3, 0.4) is 0 Å². The summed E-state index contributed by atoms with van der Waals surface area (Å²) in [6.07, 6.45) is 0. The van der Waals surface area contributed by atoms with Gasteiger partial charge in [-0.05, 0) is 31.5 Å². The number of nitrogens with two attached hydrogens (primary N) is 1. The summed E-state index contributed by atoms with van der Waals surface area (Å²) in [5, 5.41) is 0.0995. The molecule has 1 rings (SSSR count). The highest BCUT2D eigenvalue weighted by atomic mass is 79.9. The maximum Gasteiger partial charge on any atom is 0.315 e. The van der Waals surface area contributed by atoms with Gasteiger partial charge in [0, 0.05) is 15.8 Å². The Kier molecular flexibility index (Phi) is 6.75. The number of carbonyl (C=O) groups excluding carboxylic acids is 1. The van der Waals surface area contributed by atoms with Gasteiger partial charge in [-0.1, -0.05) is 28.1 Å². The largest absolute Gasteiger partial charge is 0.465 e. The van der Waals surface area contributed by atoms with Crippen LogP contribution in [0.5, 0.6) is 0 Å². The summed E-state index contributed by atoms with van der Waals surface area (Å²) >= 11 is 4.92. The van der Waals surface area contributed by atoms with Crippen molar-refractivity contribution in [2.45, 2.75) is 25.1 Å². The van der Waals surface area contributed by atoms with Crippen molar-refractivity contribution in [1.82, 2.24) is 0 Å². The molecule has 1 aromatic rings. The Morgan fingerprint density at radius 3 is 2.56 bits per heavy atom. The fourth-order valence-corrected chi connectivity index (χ4v) is 2.88. The molecule has 0 heterocycles. The minimum Gasteiger partial charge on any atom is -0.465 e. The smallest absolute Gasteiger partial charge is 0.315 e. The normalized spacial score (nSPS) is 14.0. The molecule has 0 aliphatic heterocycles. The molecule has 18 heavy (non-hydrogen) atoms. The van der Waals surface area contributed by atoms with E-state index >= 15 is 0 Å². The highest BCUT2D eigenvalue weighted by Gasteiger charge is 2.18. The van der Waals surface area contributed by atoms with Crippen LogP contribution in [0, 0.1) is 0 Å². The van der Waals surface area contributed by atoms with Crippen molar-refractivity contribution in [3.05, 3.63) is 34.3 Å². The molecule has 0 radical (unpaired) electrons. The summed E-state index contributed by atoms with van der Waals surface area (Å²) in [5.41, 5.74) is 7.11. The van der Waals surface area contributed by atoms with Crippen molar-refractivity contribution in [3.8, 4) is 0 Å². The second-order valence-electron chi connectivity index (χ2n) is 3.95. The molecule has 0 aromatic heterocycles. The number of esters is 1. The Bertz CT molecular complexity index is 381. The van der Waals surface area contributed by atoms with E-state index in [1.165, 1.54) is 11.8 Å². The first-order valence-corrected chi connectivity index (χ1v) is 7.67. The average Bonchev–Trinajstić information content (AvgIpc) is 2.31. The fraction of sp³-hybridized carbons (Fsp3) is 0.462. The first-order chi connectivity index (χ1) is 8.54. The Balaban J connectivity index is 2.65. The number of halogens is 1. The van der Waals surface area contributed by atoms with Crippen LogP contribution in [0.2, 0.25) is 0 Å². The lowest BCUT2D eigenvalue weighted by Gasteiger charge is -2.20. The van der Waals surface area contributed by atoms with Gasteiger partial charge in [-0.3, -0.25) is 4.79 Å². The highest BCUT2D eigenvalue weighted by Crippen LogP contribution is 2.32. The van der Waals surface area contributed by atoms with Crippen LogP contribution in [0.1, 0.15) is 24.7 Å². The van der Waals surface area contributed by atoms with Crippen LogP contribution in [-0.4, -0.2) is 24.4 Å². The van der Waals surface area contributed by atoms with Crippen LogP contribution in [-0.2, 0) is 9.53 Å². The third-order valence-electron chi connectivity index (χ3n) is 2.36. The minimum atomic E-state index is -0.190. The van der Waals surface area contributed by atoms with E-state index in [0.29, 0.717) is 12.4 Å². The lowest BCUT2D eigenvalue weighted by molar-refractivity contribution is -0.139. The fourth-order valence-electron chi connectivity index (χ4n) is 1.56. The molecule has 2 unspecified atom stereocenters. The molecular weight excluding hydrogens is 314 g/mol. The standard InChI is InChI=1S/C13H18BrNO2S/c1-3-17-12(16)8-18-13(9(2)15)10-4-6-11(14)7-5-10/h4-7,9,13H,3,8,15H2,1-2H3. The summed E-state index contributed by atoms with van der Waals surface area (Å²) in [5.74, 6) is 0.140. The summed E-state index contributed by atoms with van der Waals surface area (Å²) in [6, 6.07) is 7.99. The molecule has 0 saturated carbocycles. The molecule has 1 aromatic carbocycles. The van der Waals surface area contributed by atoms with Crippen LogP contribution >= 0.6 is 27.7 Å². The molecule has 0 aliphatic rings. The van der Waals surface area contributed by atoms with Gasteiger partial charge < -0.3 is 10.5 Å². The second-order valence-corrected chi connectivity index (χ2v) is 5.99. The van der Waals surface area contributed by atoms with Gasteiger partial charge in [0.05, 0.1) is 12.4 Å². The minimum absolute atomic E-state index is 0.0226. The Morgan fingerprint density at radius 2 is 2.06 bits per heavy atom. The van der Waals surface area contributed by atoms with Crippen molar-refractivity contribution in [2.75, 3.05) is 12.4 Å². The van der Waals surface area contributed by atoms with E-state index in [2.05, 4.69) is 15.9 Å². The number of ether oxygens (including phenoxy) is 1. The van der Waals surface area contributed by atoms with E-state index in [4.69, 9.17) is 10.5 Å². The van der Waals surface area contributed by atoms with Crippen molar-refractivity contribution in [3.63, 3.8) is 0 Å². The first kappa shape index (κ1) is 15.5. The van der Waals surface area contributed by atoms with Gasteiger partial charge in [0.1, 0.15) is 0 Å². The van der Waals surface area contributed by atoms with Crippen LogP contribution < -0.4 is 5.73 Å². The van der Waals surface area contributed by atoms with E-state index in [-0.39, 0.29) is 17.3 Å². The van der Waals surface area contributed by atoms with Gasteiger partial charge in [-0.25, -0.2) is 0 Å². The van der Waals surface area contributed by atoms with Gasteiger partial charge in [0.2, 0.25) is 0 Å². The maximum absolute atomic E-state index is 11.4. The number of thioether (sulfide) groups is 1. The monoisotopic (exact) mass is 331 g/mol. The third-order valence-corrected chi connectivity index (χ3v) is 4.35. The van der Waals surface area contributed by atoms with Crippen LogP contribution in [0.4, 0.5) is 0 Å². The number of hydrogen-bond acceptors (Lipinski definition) is 4. The predicted octanol–water partition coefficient (Wildman–Crippen LogP) is 3.13. The van der Waals surface area contributed by atoms with Crippen molar-refractivity contribution < 1.29 is 9.53 Å². The molecule has 3 nitrogen and oxygen atoms in total. The Morgan fingerprint density at radius 1 is 1.44 bits per heavy atom. The van der Waals surface area contributed by atoms with E-state index < -0.39 is 0 Å². The first-order valence-electron chi connectivity index (χ1n) is 5.83. The number of rotatable bonds is 6. The van der Waals surface area contributed by atoms with E-state index in [0.717, 1.165) is 10.0 Å². The van der Waals surface area contributed by atoms with Gasteiger partial charge in [0.15, 0.2) is 0 Å². The lowest BCUT2D eigenvalue weighted by atomic mass is 10.1.